The van der Waals surface area contributed by atoms with E-state index in [0.29, 0.717) is 40.1 Å². The van der Waals surface area contributed by atoms with E-state index in [2.05, 4.69) is 33.2 Å². The highest BCUT2D eigenvalue weighted by molar-refractivity contribution is 7.17. The quantitative estimate of drug-likeness (QED) is 0.259. The Morgan fingerprint density at radius 1 is 0.917 bits per heavy atom. The van der Waals surface area contributed by atoms with Crippen LogP contribution in [0.1, 0.15) is 0 Å². The first-order valence-electron chi connectivity index (χ1n) is 11.0. The molecule has 0 aliphatic rings. The Labute approximate surface area is 214 Å². The highest BCUT2D eigenvalue weighted by atomic mass is 32.1. The number of methoxy groups -OCH3 is 3. The number of fused-ring (bicyclic) bond motifs is 2. The number of anilines is 2. The SMILES string of the molecule is COc1cc(Nc2nc(-c3csc4ccccc34)nc3c2ncn3-c2ccsc2)cc(OC)c1OC. The minimum atomic E-state index is 0.519. The van der Waals surface area contributed by atoms with Crippen molar-refractivity contribution in [3.63, 3.8) is 0 Å². The van der Waals surface area contributed by atoms with Crippen LogP contribution in [0, 0.1) is 0 Å². The van der Waals surface area contributed by atoms with Gasteiger partial charge in [0.1, 0.15) is 6.33 Å². The summed E-state index contributed by atoms with van der Waals surface area (Å²) >= 11 is 3.30. The Hall–Kier alpha value is -4.15. The molecule has 36 heavy (non-hydrogen) atoms. The fourth-order valence-corrected chi connectivity index (χ4v) is 5.70. The van der Waals surface area contributed by atoms with E-state index >= 15 is 0 Å². The summed E-state index contributed by atoms with van der Waals surface area (Å²) in [5.74, 6) is 2.79. The zero-order valence-electron chi connectivity index (χ0n) is 19.7. The van der Waals surface area contributed by atoms with Crippen LogP contribution in [0.15, 0.2) is 64.9 Å². The monoisotopic (exact) mass is 515 g/mol. The summed E-state index contributed by atoms with van der Waals surface area (Å²) in [6.07, 6.45) is 1.78. The number of thiophene rings is 2. The largest absolute Gasteiger partial charge is 0.493 e. The topological polar surface area (TPSA) is 83.3 Å². The summed E-state index contributed by atoms with van der Waals surface area (Å²) in [6, 6.07) is 14.0. The van der Waals surface area contributed by atoms with Crippen LogP contribution < -0.4 is 19.5 Å². The zero-order valence-corrected chi connectivity index (χ0v) is 21.3. The normalized spacial score (nSPS) is 11.2. The van der Waals surface area contributed by atoms with Gasteiger partial charge >= 0.3 is 0 Å². The first-order valence-corrected chi connectivity index (χ1v) is 12.8. The molecule has 0 unspecified atom stereocenters. The van der Waals surface area contributed by atoms with Crippen molar-refractivity contribution >= 4 is 55.4 Å². The third-order valence-corrected chi connectivity index (χ3v) is 7.46. The zero-order chi connectivity index (χ0) is 24.6. The van der Waals surface area contributed by atoms with Crippen molar-refractivity contribution in [2.45, 2.75) is 0 Å². The van der Waals surface area contributed by atoms with Gasteiger partial charge in [0.2, 0.25) is 5.75 Å². The third kappa shape index (κ3) is 3.71. The average Bonchev–Trinajstić information content (AvgIpc) is 3.67. The molecule has 4 heterocycles. The molecule has 0 saturated carbocycles. The van der Waals surface area contributed by atoms with Crippen LogP contribution in [-0.2, 0) is 0 Å². The molecule has 8 nitrogen and oxygen atoms in total. The van der Waals surface area contributed by atoms with Crippen molar-refractivity contribution in [2.75, 3.05) is 26.6 Å². The first-order chi connectivity index (χ1) is 17.7. The summed E-state index contributed by atoms with van der Waals surface area (Å²) in [5.41, 5.74) is 4.06. The molecule has 180 valence electrons. The lowest BCUT2D eigenvalue weighted by Crippen LogP contribution is -2.02. The average molecular weight is 516 g/mol. The molecule has 0 amide bonds. The smallest absolute Gasteiger partial charge is 0.203 e. The predicted molar refractivity (Wildman–Crippen MR) is 145 cm³/mol. The van der Waals surface area contributed by atoms with Gasteiger partial charge in [-0.1, -0.05) is 18.2 Å². The van der Waals surface area contributed by atoms with Crippen molar-refractivity contribution < 1.29 is 14.2 Å². The predicted octanol–water partition coefficient (Wildman–Crippen LogP) is 6.53. The molecule has 4 aromatic heterocycles. The van der Waals surface area contributed by atoms with Crippen molar-refractivity contribution in [1.29, 1.82) is 0 Å². The summed E-state index contributed by atoms with van der Waals surface area (Å²) in [7, 11) is 4.76. The van der Waals surface area contributed by atoms with Gasteiger partial charge in [-0.05, 0) is 17.5 Å². The Morgan fingerprint density at radius 3 is 2.44 bits per heavy atom. The molecule has 6 aromatic rings. The molecule has 6 rings (SSSR count). The maximum atomic E-state index is 5.53. The van der Waals surface area contributed by atoms with E-state index < -0.39 is 0 Å². The van der Waals surface area contributed by atoms with Crippen LogP contribution in [0.2, 0.25) is 0 Å². The number of ether oxygens (including phenoxy) is 3. The van der Waals surface area contributed by atoms with Gasteiger partial charge in [-0.25, -0.2) is 15.0 Å². The summed E-state index contributed by atoms with van der Waals surface area (Å²) in [6.45, 7) is 0. The second-order valence-corrected chi connectivity index (χ2v) is 9.54. The number of hydrogen-bond acceptors (Lipinski definition) is 9. The van der Waals surface area contributed by atoms with E-state index in [0.717, 1.165) is 22.3 Å². The standard InChI is InChI=1S/C26H21N5O3S2/c1-32-19-10-15(11-20(33-2)23(19)34-3)28-25-22-26(31(14-27-22)16-8-9-35-12-16)30-24(29-25)18-13-36-21-7-5-4-6-17(18)21/h4-14H,1-3H3,(H,28,29,30). The number of aromatic nitrogens is 4. The van der Waals surface area contributed by atoms with Crippen LogP contribution in [0.25, 0.3) is 38.3 Å². The molecule has 0 bridgehead atoms. The Bertz CT molecular complexity index is 1670. The summed E-state index contributed by atoms with van der Waals surface area (Å²) < 4.78 is 19.7. The van der Waals surface area contributed by atoms with Gasteiger partial charge in [0.05, 0.1) is 27.0 Å². The lowest BCUT2D eigenvalue weighted by Gasteiger charge is -2.15. The van der Waals surface area contributed by atoms with E-state index in [1.165, 1.54) is 4.70 Å². The summed E-state index contributed by atoms with van der Waals surface area (Å²) in [5, 5.41) is 10.7. The number of nitrogens with one attached hydrogen (secondary N) is 1. The molecule has 0 radical (unpaired) electrons. The van der Waals surface area contributed by atoms with Gasteiger partial charge in [-0.2, -0.15) is 11.3 Å². The maximum Gasteiger partial charge on any atom is 0.203 e. The molecule has 0 aliphatic carbocycles. The van der Waals surface area contributed by atoms with E-state index in [1.54, 1.807) is 50.3 Å². The molecule has 0 aliphatic heterocycles. The van der Waals surface area contributed by atoms with Crippen LogP contribution in [0.4, 0.5) is 11.5 Å². The van der Waals surface area contributed by atoms with Gasteiger partial charge in [-0.3, -0.25) is 4.57 Å². The molecule has 0 fully saturated rings. The van der Waals surface area contributed by atoms with Gasteiger partial charge in [0.15, 0.2) is 34.3 Å². The molecular formula is C26H21N5O3S2. The second kappa shape index (κ2) is 9.14. The van der Waals surface area contributed by atoms with Crippen molar-refractivity contribution in [1.82, 2.24) is 19.5 Å². The molecule has 1 N–H and O–H groups in total. The molecular weight excluding hydrogens is 494 g/mol. The number of rotatable bonds is 7. The minimum Gasteiger partial charge on any atom is -0.493 e. The lowest BCUT2D eigenvalue weighted by atomic mass is 10.1. The second-order valence-electron chi connectivity index (χ2n) is 7.85. The fourth-order valence-electron chi connectivity index (χ4n) is 4.13. The van der Waals surface area contributed by atoms with Crippen LogP contribution in [0.3, 0.4) is 0 Å². The van der Waals surface area contributed by atoms with Crippen LogP contribution >= 0.6 is 22.7 Å². The number of benzene rings is 2. The minimum absolute atomic E-state index is 0.519. The van der Waals surface area contributed by atoms with Crippen molar-refractivity contribution in [2.24, 2.45) is 0 Å². The van der Waals surface area contributed by atoms with Crippen LogP contribution in [0.5, 0.6) is 17.2 Å². The Balaban J connectivity index is 1.55. The molecule has 0 saturated heterocycles. The first kappa shape index (κ1) is 22.3. The van der Waals surface area contributed by atoms with E-state index in [4.69, 9.17) is 24.2 Å². The fraction of sp³-hybridized carbons (Fsp3) is 0.115. The maximum absolute atomic E-state index is 5.53. The van der Waals surface area contributed by atoms with E-state index in [9.17, 15) is 0 Å². The van der Waals surface area contributed by atoms with Crippen LogP contribution in [-0.4, -0.2) is 40.8 Å². The molecule has 0 atom stereocenters. The Kier molecular flexibility index (Phi) is 5.67. The molecule has 10 heteroatoms. The lowest BCUT2D eigenvalue weighted by molar-refractivity contribution is 0.324. The molecule has 0 spiro atoms. The summed E-state index contributed by atoms with van der Waals surface area (Å²) in [4.78, 5) is 14.6. The number of imidazole rings is 1. The number of hydrogen-bond donors (Lipinski definition) is 1. The van der Waals surface area contributed by atoms with Crippen molar-refractivity contribution in [3.05, 3.63) is 64.9 Å². The Morgan fingerprint density at radius 2 is 1.72 bits per heavy atom. The van der Waals surface area contributed by atoms with Crippen molar-refractivity contribution in [3.8, 4) is 34.3 Å². The van der Waals surface area contributed by atoms with Gasteiger partial charge < -0.3 is 19.5 Å². The third-order valence-electron chi connectivity index (χ3n) is 5.83. The molecule has 2 aromatic carbocycles. The van der Waals surface area contributed by atoms with Gasteiger partial charge in [-0.15, -0.1) is 11.3 Å². The highest BCUT2D eigenvalue weighted by Crippen LogP contribution is 2.41. The van der Waals surface area contributed by atoms with Gasteiger partial charge in [0, 0.05) is 44.2 Å². The van der Waals surface area contributed by atoms with Gasteiger partial charge in [0.25, 0.3) is 0 Å². The van der Waals surface area contributed by atoms with E-state index in [1.807, 2.05) is 40.3 Å². The number of nitrogens with zero attached hydrogens (tertiary/aromatic N) is 4. The van der Waals surface area contributed by atoms with E-state index in [-0.39, 0.29) is 0 Å². The highest BCUT2D eigenvalue weighted by Gasteiger charge is 2.19.